The van der Waals surface area contributed by atoms with Crippen LogP contribution in [0.4, 0.5) is 8.78 Å². The molecule has 5 heterocycles. The minimum absolute atomic E-state index is 0.0198. The largest absolute Gasteiger partial charge is 0.399 e. The van der Waals surface area contributed by atoms with Gasteiger partial charge in [0.1, 0.15) is 12.1 Å². The maximum Gasteiger partial charge on any atom is 0.399 e. The van der Waals surface area contributed by atoms with E-state index in [9.17, 15) is 32.5 Å². The summed E-state index contributed by atoms with van der Waals surface area (Å²) in [5, 5.41) is 3.07. The van der Waals surface area contributed by atoms with Crippen LogP contribution in [0.25, 0.3) is 10.1 Å². The standard InChI is InChI=1S/C31H37F2N4O8PS/c1-16-13-35(6-7-45-16)28(39)20-14-36(15-20)30(41)24-4-3-22-10-17-8-18(17)11-23(29(40)37(22)24)34-27(38)26-12-19-9-21(2-5-25(19)47-26)31(32,33)46(42,43)44/h2,5,9,12,16-18,20,22-24H,3-4,6-8,10-11,13-15H2,1H3,(H,34,38)(H2,42,43,44)/t16-,17-,18+,22-,23+,24+/m1/s1. The van der Waals surface area contributed by atoms with Gasteiger partial charge in [-0.3, -0.25) is 23.7 Å². The molecule has 0 unspecified atom stereocenters. The number of rotatable bonds is 6. The number of thiophene rings is 1. The highest BCUT2D eigenvalue weighted by Gasteiger charge is 2.53. The van der Waals surface area contributed by atoms with Crippen LogP contribution in [0.3, 0.4) is 0 Å². The number of benzene rings is 1. The van der Waals surface area contributed by atoms with Crippen LogP contribution in [-0.4, -0.2) is 105 Å². The average Bonchev–Trinajstić information content (AvgIpc) is 3.36. The summed E-state index contributed by atoms with van der Waals surface area (Å²) in [4.78, 5) is 77.8. The van der Waals surface area contributed by atoms with Gasteiger partial charge >= 0.3 is 13.3 Å². The summed E-state index contributed by atoms with van der Waals surface area (Å²) < 4.78 is 46.0. The number of hydrogen-bond donors (Lipinski definition) is 3. The number of nitrogens with zero attached hydrogens (tertiary/aromatic N) is 3. The Morgan fingerprint density at radius 1 is 1.02 bits per heavy atom. The zero-order valence-electron chi connectivity index (χ0n) is 25.7. The maximum absolute atomic E-state index is 14.3. The summed E-state index contributed by atoms with van der Waals surface area (Å²) in [5.41, 5.74) is -5.24. The lowest BCUT2D eigenvalue weighted by Gasteiger charge is -2.44. The first-order valence-corrected chi connectivity index (χ1v) is 18.4. The molecule has 7 rings (SSSR count). The van der Waals surface area contributed by atoms with Gasteiger partial charge in [-0.2, -0.15) is 8.78 Å². The molecule has 47 heavy (non-hydrogen) atoms. The van der Waals surface area contributed by atoms with Gasteiger partial charge in [-0.15, -0.1) is 11.3 Å². The molecule has 4 aliphatic heterocycles. The van der Waals surface area contributed by atoms with Crippen molar-refractivity contribution >= 4 is 52.6 Å². The van der Waals surface area contributed by atoms with Crippen molar-refractivity contribution in [2.45, 2.75) is 68.9 Å². The number of amides is 4. The number of carbonyl (C=O) groups is 4. The molecule has 5 aliphatic rings. The molecule has 1 aromatic carbocycles. The third kappa shape index (κ3) is 5.98. The van der Waals surface area contributed by atoms with E-state index in [4.69, 9.17) is 14.5 Å². The molecule has 4 saturated heterocycles. The predicted molar refractivity (Wildman–Crippen MR) is 166 cm³/mol. The van der Waals surface area contributed by atoms with E-state index < -0.39 is 36.8 Å². The lowest BCUT2D eigenvalue weighted by atomic mass is 9.96. The Kier molecular flexibility index (Phi) is 8.22. The van der Waals surface area contributed by atoms with Gasteiger partial charge in [-0.25, -0.2) is 0 Å². The zero-order valence-corrected chi connectivity index (χ0v) is 27.4. The fourth-order valence-corrected chi connectivity index (χ4v) is 9.10. The van der Waals surface area contributed by atoms with Gasteiger partial charge in [-0.05, 0) is 74.4 Å². The summed E-state index contributed by atoms with van der Waals surface area (Å²) >= 11 is 1.02. The van der Waals surface area contributed by atoms with E-state index in [-0.39, 0.29) is 52.0 Å². The molecule has 0 spiro atoms. The SMILES string of the molecule is C[C@@H]1CN(C(=O)C2CN(C(=O)[C@@H]3CC[C@@H]4C[C@H]5C[C@H]5C[C@H](NC(=O)c5cc6cc(C(F)(F)P(=O)(O)O)ccc6s5)C(=O)N43)C2)CCO1. The molecular weight excluding hydrogens is 657 g/mol. The van der Waals surface area contributed by atoms with Crippen molar-refractivity contribution in [3.05, 3.63) is 34.7 Å². The average molecular weight is 695 g/mol. The molecule has 12 nitrogen and oxygen atoms in total. The molecule has 1 aromatic heterocycles. The van der Waals surface area contributed by atoms with E-state index in [2.05, 4.69) is 5.32 Å². The van der Waals surface area contributed by atoms with Gasteiger partial charge in [0.15, 0.2) is 0 Å². The number of morpholine rings is 1. The molecule has 16 heteroatoms. The van der Waals surface area contributed by atoms with Gasteiger partial charge in [0.25, 0.3) is 5.91 Å². The van der Waals surface area contributed by atoms with Crippen molar-refractivity contribution in [2.24, 2.45) is 17.8 Å². The van der Waals surface area contributed by atoms with Gasteiger partial charge in [0.05, 0.1) is 23.5 Å². The lowest BCUT2D eigenvalue weighted by Crippen LogP contribution is -2.63. The van der Waals surface area contributed by atoms with Crippen LogP contribution < -0.4 is 5.32 Å². The number of likely N-dealkylation sites (tertiary alicyclic amines) is 1. The van der Waals surface area contributed by atoms with Gasteiger partial charge in [0, 0.05) is 42.5 Å². The molecule has 0 bridgehead atoms. The van der Waals surface area contributed by atoms with E-state index in [0.717, 1.165) is 36.3 Å². The molecule has 1 saturated carbocycles. The van der Waals surface area contributed by atoms with Crippen LogP contribution >= 0.6 is 18.9 Å². The minimum Gasteiger partial charge on any atom is -0.375 e. The van der Waals surface area contributed by atoms with Crippen molar-refractivity contribution in [2.75, 3.05) is 32.8 Å². The van der Waals surface area contributed by atoms with Crippen LogP contribution in [0, 0.1) is 17.8 Å². The van der Waals surface area contributed by atoms with Crippen molar-refractivity contribution in [3.63, 3.8) is 0 Å². The summed E-state index contributed by atoms with van der Waals surface area (Å²) in [6.07, 6.45) is 3.36. The van der Waals surface area contributed by atoms with Crippen molar-refractivity contribution < 1.29 is 47.0 Å². The molecule has 5 fully saturated rings. The second-order valence-corrected chi connectivity index (χ2v) is 16.3. The molecular formula is C31H37F2N4O8PS. The molecule has 3 N–H and O–H groups in total. The van der Waals surface area contributed by atoms with Crippen LogP contribution in [0.1, 0.15) is 54.3 Å². The Labute approximate surface area is 273 Å². The highest BCUT2D eigenvalue weighted by atomic mass is 32.1. The lowest BCUT2D eigenvalue weighted by molar-refractivity contribution is -0.158. The summed E-state index contributed by atoms with van der Waals surface area (Å²) in [6.45, 7) is 4.10. The summed E-state index contributed by atoms with van der Waals surface area (Å²) in [7, 11) is -5.76. The number of nitrogens with one attached hydrogen (secondary N) is 1. The normalized spacial score (nSPS) is 29.9. The number of hydrogen-bond acceptors (Lipinski definition) is 7. The Morgan fingerprint density at radius 2 is 1.77 bits per heavy atom. The first-order valence-electron chi connectivity index (χ1n) is 16.0. The van der Waals surface area contributed by atoms with Gasteiger partial charge in [-0.1, -0.05) is 6.07 Å². The zero-order chi connectivity index (χ0) is 33.4. The van der Waals surface area contributed by atoms with Crippen LogP contribution in [0.5, 0.6) is 0 Å². The maximum atomic E-state index is 14.3. The van der Waals surface area contributed by atoms with Crippen LogP contribution in [0.2, 0.25) is 0 Å². The number of fused-ring (bicyclic) bond motifs is 3. The van der Waals surface area contributed by atoms with Crippen LogP contribution in [0.15, 0.2) is 24.3 Å². The summed E-state index contributed by atoms with van der Waals surface area (Å²) in [5.74, 6) is -0.619. The molecule has 4 amide bonds. The third-order valence-electron chi connectivity index (χ3n) is 10.4. The highest BCUT2D eigenvalue weighted by molar-refractivity contribution is 7.52. The molecule has 2 aromatic rings. The molecule has 6 atom stereocenters. The third-order valence-corrected chi connectivity index (χ3v) is 12.5. The summed E-state index contributed by atoms with van der Waals surface area (Å²) in [6, 6.07) is 2.88. The second kappa shape index (κ2) is 11.9. The smallest absolute Gasteiger partial charge is 0.375 e. The van der Waals surface area contributed by atoms with Crippen LogP contribution in [-0.2, 0) is 29.3 Å². The van der Waals surface area contributed by atoms with Crippen molar-refractivity contribution in [1.82, 2.24) is 20.0 Å². The van der Waals surface area contributed by atoms with Gasteiger partial charge < -0.3 is 34.5 Å². The molecule has 0 radical (unpaired) electrons. The first-order chi connectivity index (χ1) is 22.2. The fourth-order valence-electron chi connectivity index (χ4n) is 7.67. The number of halogens is 2. The highest BCUT2D eigenvalue weighted by Crippen LogP contribution is 2.59. The van der Waals surface area contributed by atoms with Crippen molar-refractivity contribution in [3.8, 4) is 0 Å². The molecule has 1 aliphatic carbocycles. The van der Waals surface area contributed by atoms with Crippen molar-refractivity contribution in [1.29, 1.82) is 0 Å². The van der Waals surface area contributed by atoms with E-state index in [0.29, 0.717) is 62.7 Å². The number of carbonyl (C=O) groups excluding carboxylic acids is 4. The number of ether oxygens (including phenoxy) is 1. The Morgan fingerprint density at radius 3 is 2.49 bits per heavy atom. The fraction of sp³-hybridized carbons (Fsp3) is 0.613. The monoisotopic (exact) mass is 694 g/mol. The van der Waals surface area contributed by atoms with E-state index in [1.54, 1.807) is 14.7 Å². The first kappa shape index (κ1) is 32.6. The minimum atomic E-state index is -5.76. The Balaban J connectivity index is 1.04. The quantitative estimate of drug-likeness (QED) is 0.390. The predicted octanol–water partition coefficient (Wildman–Crippen LogP) is 2.72. The van der Waals surface area contributed by atoms with E-state index in [1.807, 2.05) is 6.92 Å². The van der Waals surface area contributed by atoms with Gasteiger partial charge in [0.2, 0.25) is 17.7 Å². The topological polar surface area (TPSA) is 157 Å². The Bertz CT molecular complexity index is 1680. The number of alkyl halides is 2. The van der Waals surface area contributed by atoms with E-state index >= 15 is 0 Å². The Hall–Kier alpha value is -2.97. The molecule has 254 valence electrons. The second-order valence-electron chi connectivity index (χ2n) is 13.6. The van der Waals surface area contributed by atoms with E-state index in [1.165, 1.54) is 12.1 Å².